The van der Waals surface area contributed by atoms with Gasteiger partial charge in [0, 0.05) is 0 Å². The van der Waals surface area contributed by atoms with Crippen LogP contribution in [-0.4, -0.2) is 36.5 Å². The number of para-hydroxylation sites is 2. The number of hydrogen-bond donors (Lipinski definition) is 2. The second-order valence-electron chi connectivity index (χ2n) is 5.47. The molecule has 0 bridgehead atoms. The van der Waals surface area contributed by atoms with Gasteiger partial charge in [-0.1, -0.05) is 42.5 Å². The molecule has 0 amide bonds. The Bertz CT molecular complexity index is 760. The summed E-state index contributed by atoms with van der Waals surface area (Å²) >= 11 is 0. The van der Waals surface area contributed by atoms with Gasteiger partial charge < -0.3 is 14.6 Å². The zero-order valence-electron chi connectivity index (χ0n) is 13.9. The molecule has 6 nitrogen and oxygen atoms in total. The Morgan fingerprint density at radius 2 is 1.60 bits per heavy atom. The van der Waals surface area contributed by atoms with Crippen molar-refractivity contribution in [3.63, 3.8) is 0 Å². The van der Waals surface area contributed by atoms with Crippen molar-refractivity contribution in [3.8, 4) is 11.5 Å². The van der Waals surface area contributed by atoms with E-state index in [1.807, 2.05) is 19.1 Å². The first-order valence-corrected chi connectivity index (χ1v) is 9.58. The highest BCUT2D eigenvalue weighted by Gasteiger charge is 2.25. The molecule has 2 rings (SSSR count). The van der Waals surface area contributed by atoms with Crippen molar-refractivity contribution >= 4 is 10.1 Å². The molecule has 2 N–H and O–H groups in total. The maximum Gasteiger partial charge on any atom is 0.264 e. The lowest BCUT2D eigenvalue weighted by molar-refractivity contribution is 0.0315. The first-order chi connectivity index (χ1) is 11.9. The van der Waals surface area contributed by atoms with Gasteiger partial charge in [0.1, 0.15) is 6.10 Å². The van der Waals surface area contributed by atoms with Crippen LogP contribution in [0.5, 0.6) is 11.5 Å². The molecule has 136 valence electrons. The van der Waals surface area contributed by atoms with E-state index in [9.17, 15) is 13.5 Å². The van der Waals surface area contributed by atoms with Crippen LogP contribution < -0.4 is 9.47 Å². The molecule has 25 heavy (non-hydrogen) atoms. The summed E-state index contributed by atoms with van der Waals surface area (Å²) in [5.41, 5.74) is 0.691. The Balaban J connectivity index is 2.26. The van der Waals surface area contributed by atoms with Crippen molar-refractivity contribution in [2.75, 3.05) is 12.4 Å². The summed E-state index contributed by atoms with van der Waals surface area (Å²) in [5, 5.41) is 10.5. The van der Waals surface area contributed by atoms with Crippen molar-refractivity contribution in [3.05, 3.63) is 60.2 Å². The minimum atomic E-state index is -4.16. The van der Waals surface area contributed by atoms with Gasteiger partial charge in [0.15, 0.2) is 11.5 Å². The average molecular weight is 366 g/mol. The van der Waals surface area contributed by atoms with Gasteiger partial charge in [0.25, 0.3) is 10.1 Å². The molecule has 0 aliphatic rings. The van der Waals surface area contributed by atoms with Crippen LogP contribution in [0.25, 0.3) is 0 Å². The van der Waals surface area contributed by atoms with Crippen molar-refractivity contribution in [2.24, 2.45) is 0 Å². The first kappa shape index (κ1) is 19.2. The van der Waals surface area contributed by atoms with Gasteiger partial charge in [-0.25, -0.2) is 0 Å². The van der Waals surface area contributed by atoms with Crippen molar-refractivity contribution in [2.45, 2.75) is 25.6 Å². The molecule has 2 aromatic rings. The van der Waals surface area contributed by atoms with Crippen molar-refractivity contribution in [1.82, 2.24) is 0 Å². The van der Waals surface area contributed by atoms with Crippen LogP contribution >= 0.6 is 0 Å². The highest BCUT2D eigenvalue weighted by molar-refractivity contribution is 7.85. The van der Waals surface area contributed by atoms with Crippen LogP contribution in [0.3, 0.4) is 0 Å². The third-order valence-corrected chi connectivity index (χ3v) is 4.30. The topological polar surface area (TPSA) is 93.1 Å². The molecular formula is C18H22O6S. The number of ether oxygens (including phenoxy) is 2. The molecule has 0 radical (unpaired) electrons. The maximum atomic E-state index is 11.0. The van der Waals surface area contributed by atoms with E-state index in [2.05, 4.69) is 0 Å². The molecule has 0 spiro atoms. The second-order valence-corrected chi connectivity index (χ2v) is 7.04. The molecule has 2 atom stereocenters. The molecule has 0 fully saturated rings. The third kappa shape index (κ3) is 6.04. The quantitative estimate of drug-likeness (QED) is 0.663. The highest BCUT2D eigenvalue weighted by Crippen LogP contribution is 2.33. The number of rotatable bonds is 9. The monoisotopic (exact) mass is 366 g/mol. The number of aliphatic hydroxyl groups excluding tert-OH is 1. The molecule has 2 aromatic carbocycles. The lowest BCUT2D eigenvalue weighted by atomic mass is 10.0. The minimum absolute atomic E-state index is 0.158. The van der Waals surface area contributed by atoms with Crippen LogP contribution in [-0.2, 0) is 10.1 Å². The number of hydrogen-bond acceptors (Lipinski definition) is 5. The molecule has 0 saturated heterocycles. The van der Waals surface area contributed by atoms with Gasteiger partial charge >= 0.3 is 0 Å². The summed E-state index contributed by atoms with van der Waals surface area (Å²) in [5.74, 6) is 0.436. The summed E-state index contributed by atoms with van der Waals surface area (Å²) in [4.78, 5) is 0. The fourth-order valence-electron chi connectivity index (χ4n) is 2.39. The Labute approximate surface area is 147 Å². The van der Waals surface area contributed by atoms with E-state index in [4.69, 9.17) is 14.0 Å². The molecule has 2 unspecified atom stereocenters. The van der Waals surface area contributed by atoms with Gasteiger partial charge in [-0.2, -0.15) is 8.42 Å². The fourth-order valence-corrected chi connectivity index (χ4v) is 2.93. The first-order valence-electron chi connectivity index (χ1n) is 7.97. The molecule has 0 heterocycles. The minimum Gasteiger partial charge on any atom is -0.490 e. The van der Waals surface area contributed by atoms with E-state index in [1.54, 1.807) is 42.5 Å². The lowest BCUT2D eigenvalue weighted by Gasteiger charge is -2.25. The zero-order valence-corrected chi connectivity index (χ0v) is 14.7. The van der Waals surface area contributed by atoms with Crippen LogP contribution in [0.15, 0.2) is 54.6 Å². The summed E-state index contributed by atoms with van der Waals surface area (Å²) in [6.07, 6.45) is -2.08. The van der Waals surface area contributed by atoms with Crippen molar-refractivity contribution < 1.29 is 27.6 Å². The average Bonchev–Trinajstić information content (AvgIpc) is 2.59. The molecule has 0 aliphatic heterocycles. The van der Waals surface area contributed by atoms with Crippen molar-refractivity contribution in [1.29, 1.82) is 0 Å². The summed E-state index contributed by atoms with van der Waals surface area (Å²) < 4.78 is 42.4. The molecule has 0 aliphatic carbocycles. The van der Waals surface area contributed by atoms with Gasteiger partial charge in [0.05, 0.1) is 18.5 Å². The lowest BCUT2D eigenvalue weighted by Crippen LogP contribution is -2.26. The van der Waals surface area contributed by atoms with E-state index in [1.165, 1.54) is 0 Å². The summed E-state index contributed by atoms with van der Waals surface area (Å²) in [6.45, 7) is 2.31. The normalized spacial score (nSPS) is 13.9. The standard InChI is InChI=1S/C18H22O6S/c1-2-23-16-10-6-7-11-17(16)24-18(14-8-4-3-5-9-14)15(19)12-13-25(20,21)22/h3-11,15,18-19H,2,12-13H2,1H3,(H,20,21,22). The van der Waals surface area contributed by atoms with E-state index in [0.29, 0.717) is 23.7 Å². The third-order valence-electron chi connectivity index (χ3n) is 3.55. The second kappa shape index (κ2) is 8.84. The van der Waals surface area contributed by atoms with Crippen LogP contribution in [0.2, 0.25) is 0 Å². The van der Waals surface area contributed by atoms with E-state index < -0.39 is 28.1 Å². The summed E-state index contributed by atoms with van der Waals surface area (Å²) in [6, 6.07) is 16.1. The number of benzene rings is 2. The smallest absolute Gasteiger partial charge is 0.264 e. The largest absolute Gasteiger partial charge is 0.490 e. The maximum absolute atomic E-state index is 11.0. The SMILES string of the molecule is CCOc1ccccc1OC(c1ccccc1)C(O)CCS(=O)(=O)O. The van der Waals surface area contributed by atoms with E-state index >= 15 is 0 Å². The zero-order chi connectivity index (χ0) is 18.3. The van der Waals surface area contributed by atoms with E-state index in [0.717, 1.165) is 0 Å². The predicted octanol–water partition coefficient (Wildman–Crippen LogP) is 2.84. The number of aliphatic hydroxyl groups is 1. The molecule has 0 saturated carbocycles. The highest BCUT2D eigenvalue weighted by atomic mass is 32.2. The van der Waals surface area contributed by atoms with Gasteiger partial charge in [0.2, 0.25) is 0 Å². The summed E-state index contributed by atoms with van der Waals surface area (Å²) in [7, 11) is -4.16. The molecule has 0 aromatic heterocycles. The van der Waals surface area contributed by atoms with Gasteiger partial charge in [-0.05, 0) is 31.0 Å². The Morgan fingerprint density at radius 1 is 1.00 bits per heavy atom. The van der Waals surface area contributed by atoms with E-state index in [-0.39, 0.29) is 6.42 Å². The van der Waals surface area contributed by atoms with Crippen LogP contribution in [0.1, 0.15) is 25.0 Å². The Kier molecular flexibility index (Phi) is 6.81. The Hall–Kier alpha value is -2.09. The van der Waals surface area contributed by atoms with Gasteiger partial charge in [-0.15, -0.1) is 0 Å². The van der Waals surface area contributed by atoms with Gasteiger partial charge in [-0.3, -0.25) is 4.55 Å². The molecular weight excluding hydrogens is 344 g/mol. The predicted molar refractivity (Wildman–Crippen MR) is 94.5 cm³/mol. The Morgan fingerprint density at radius 3 is 2.20 bits per heavy atom. The van der Waals surface area contributed by atoms with Crippen LogP contribution in [0.4, 0.5) is 0 Å². The molecule has 7 heteroatoms. The van der Waals surface area contributed by atoms with Crippen LogP contribution in [0, 0.1) is 0 Å². The fraction of sp³-hybridized carbons (Fsp3) is 0.333.